The fourth-order valence-electron chi connectivity index (χ4n) is 0.727. The van der Waals surface area contributed by atoms with E-state index >= 15 is 0 Å². The van der Waals surface area contributed by atoms with Crippen LogP contribution in [0.2, 0.25) is 0 Å². The zero-order valence-corrected chi connectivity index (χ0v) is 6.22. The largest absolute Gasteiger partial charge is 0.120 e. The Bertz CT molecular complexity index is 114. The van der Waals surface area contributed by atoms with Crippen molar-refractivity contribution in [3.05, 3.63) is 12.7 Å². The third-order valence-electron chi connectivity index (χ3n) is 1.51. The molecule has 0 spiro atoms. The van der Waals surface area contributed by atoms with Gasteiger partial charge in [0, 0.05) is 6.42 Å². The van der Waals surface area contributed by atoms with Crippen LogP contribution >= 0.6 is 0 Å². The van der Waals surface area contributed by atoms with Gasteiger partial charge in [-0.1, -0.05) is 19.9 Å². The van der Waals surface area contributed by atoms with Crippen LogP contribution in [0.4, 0.5) is 0 Å². The molecule has 0 heterocycles. The van der Waals surface area contributed by atoms with Crippen LogP contribution < -0.4 is 0 Å². The van der Waals surface area contributed by atoms with Crippen molar-refractivity contribution in [2.75, 3.05) is 0 Å². The van der Waals surface area contributed by atoms with E-state index in [1.165, 1.54) is 0 Å². The molecule has 9 heavy (non-hydrogen) atoms. The molecular formula is C9H14. The molecule has 0 aliphatic rings. The van der Waals surface area contributed by atoms with Gasteiger partial charge in [-0.3, -0.25) is 0 Å². The first-order chi connectivity index (χ1) is 4.22. The van der Waals surface area contributed by atoms with E-state index in [4.69, 9.17) is 6.42 Å². The lowest BCUT2D eigenvalue weighted by Gasteiger charge is -2.11. The van der Waals surface area contributed by atoms with Crippen molar-refractivity contribution in [3.63, 3.8) is 0 Å². The maximum atomic E-state index is 5.14. The van der Waals surface area contributed by atoms with Crippen molar-refractivity contribution in [2.24, 2.45) is 11.8 Å². The number of terminal acetylenes is 1. The first-order valence-corrected chi connectivity index (χ1v) is 3.28. The van der Waals surface area contributed by atoms with Crippen molar-refractivity contribution in [3.8, 4) is 12.3 Å². The van der Waals surface area contributed by atoms with Gasteiger partial charge in [0.25, 0.3) is 0 Å². The Morgan fingerprint density at radius 3 is 2.33 bits per heavy atom. The van der Waals surface area contributed by atoms with Gasteiger partial charge in [0.15, 0.2) is 0 Å². The van der Waals surface area contributed by atoms with E-state index < -0.39 is 0 Å². The Balaban J connectivity index is 3.71. The molecule has 0 aliphatic carbocycles. The van der Waals surface area contributed by atoms with E-state index in [-0.39, 0.29) is 0 Å². The summed E-state index contributed by atoms with van der Waals surface area (Å²) in [4.78, 5) is 0. The highest BCUT2D eigenvalue weighted by Gasteiger charge is 2.05. The topological polar surface area (TPSA) is 0 Å². The van der Waals surface area contributed by atoms with E-state index in [0.717, 1.165) is 6.42 Å². The van der Waals surface area contributed by atoms with Gasteiger partial charge in [0.1, 0.15) is 0 Å². The minimum absolute atomic E-state index is 0.495. The molecule has 0 aromatic heterocycles. The van der Waals surface area contributed by atoms with E-state index in [1.54, 1.807) is 0 Å². The van der Waals surface area contributed by atoms with Gasteiger partial charge >= 0.3 is 0 Å². The SMILES string of the molecule is C#CCC(C=C)C(C)C. The smallest absolute Gasteiger partial charge is 0.0151 e. The summed E-state index contributed by atoms with van der Waals surface area (Å²) in [5.41, 5.74) is 0. The van der Waals surface area contributed by atoms with E-state index in [1.807, 2.05) is 6.08 Å². The second-order valence-electron chi connectivity index (χ2n) is 2.55. The van der Waals surface area contributed by atoms with Crippen LogP contribution in [-0.2, 0) is 0 Å². The third kappa shape index (κ3) is 2.98. The lowest BCUT2D eigenvalue weighted by molar-refractivity contribution is 0.477. The molecule has 0 rings (SSSR count). The minimum Gasteiger partial charge on any atom is -0.120 e. The maximum Gasteiger partial charge on any atom is 0.0151 e. The van der Waals surface area contributed by atoms with Crippen LogP contribution in [0.5, 0.6) is 0 Å². The zero-order chi connectivity index (χ0) is 7.28. The summed E-state index contributed by atoms with van der Waals surface area (Å²) in [5, 5.41) is 0. The predicted molar refractivity (Wildman–Crippen MR) is 42.0 cm³/mol. The van der Waals surface area contributed by atoms with Gasteiger partial charge in [-0.25, -0.2) is 0 Å². The molecule has 0 bridgehead atoms. The van der Waals surface area contributed by atoms with Crippen molar-refractivity contribution in [1.29, 1.82) is 0 Å². The summed E-state index contributed by atoms with van der Waals surface area (Å²) in [6, 6.07) is 0. The summed E-state index contributed by atoms with van der Waals surface area (Å²) in [5.74, 6) is 3.75. The summed E-state index contributed by atoms with van der Waals surface area (Å²) < 4.78 is 0. The van der Waals surface area contributed by atoms with Gasteiger partial charge in [-0.2, -0.15) is 0 Å². The Morgan fingerprint density at radius 1 is 1.67 bits per heavy atom. The van der Waals surface area contributed by atoms with Gasteiger partial charge in [0.2, 0.25) is 0 Å². The summed E-state index contributed by atoms with van der Waals surface area (Å²) in [6.45, 7) is 8.02. The Kier molecular flexibility index (Phi) is 3.88. The van der Waals surface area contributed by atoms with E-state index in [2.05, 4.69) is 26.3 Å². The molecule has 0 nitrogen and oxygen atoms in total. The van der Waals surface area contributed by atoms with Crippen molar-refractivity contribution >= 4 is 0 Å². The lowest BCUT2D eigenvalue weighted by Crippen LogP contribution is -2.03. The standard InChI is InChI=1S/C9H14/c1-5-7-9(6-2)8(3)4/h1,6,8-9H,2,7H2,3-4H3. The molecule has 1 unspecified atom stereocenters. The van der Waals surface area contributed by atoms with E-state index in [9.17, 15) is 0 Å². The van der Waals surface area contributed by atoms with Crippen LogP contribution in [-0.4, -0.2) is 0 Å². The van der Waals surface area contributed by atoms with E-state index in [0.29, 0.717) is 11.8 Å². The molecular weight excluding hydrogens is 108 g/mol. The predicted octanol–water partition coefficient (Wildman–Crippen LogP) is 2.47. The normalized spacial score (nSPS) is 12.7. The highest BCUT2D eigenvalue weighted by atomic mass is 14.1. The van der Waals surface area contributed by atoms with Crippen molar-refractivity contribution in [2.45, 2.75) is 20.3 Å². The molecule has 1 atom stereocenters. The quantitative estimate of drug-likeness (QED) is 0.398. The molecule has 0 saturated heterocycles. The second-order valence-corrected chi connectivity index (χ2v) is 2.55. The van der Waals surface area contributed by atoms with Crippen LogP contribution in [0, 0.1) is 24.2 Å². The number of rotatable bonds is 3. The van der Waals surface area contributed by atoms with Crippen molar-refractivity contribution in [1.82, 2.24) is 0 Å². The van der Waals surface area contributed by atoms with Crippen LogP contribution in [0.15, 0.2) is 12.7 Å². The monoisotopic (exact) mass is 122 g/mol. The Labute approximate surface area is 58.0 Å². The average molecular weight is 122 g/mol. The highest BCUT2D eigenvalue weighted by Crippen LogP contribution is 2.14. The first-order valence-electron chi connectivity index (χ1n) is 3.28. The molecule has 0 heteroatoms. The first kappa shape index (κ1) is 8.30. The molecule has 50 valence electrons. The number of hydrogen-bond acceptors (Lipinski definition) is 0. The Hall–Kier alpha value is -0.700. The lowest BCUT2D eigenvalue weighted by atomic mass is 9.93. The summed E-state index contributed by atoms with van der Waals surface area (Å²) in [6.07, 6.45) is 7.90. The fourth-order valence-corrected chi connectivity index (χ4v) is 0.727. The highest BCUT2D eigenvalue weighted by molar-refractivity contribution is 4.93. The molecule has 0 fully saturated rings. The van der Waals surface area contributed by atoms with Crippen LogP contribution in [0.1, 0.15) is 20.3 Å². The maximum absolute atomic E-state index is 5.14. The number of allylic oxidation sites excluding steroid dienone is 1. The molecule has 0 N–H and O–H groups in total. The summed E-state index contributed by atoms with van der Waals surface area (Å²) >= 11 is 0. The second kappa shape index (κ2) is 4.21. The molecule has 0 aromatic rings. The van der Waals surface area contributed by atoms with Gasteiger partial charge in [-0.05, 0) is 11.8 Å². The third-order valence-corrected chi connectivity index (χ3v) is 1.51. The van der Waals surface area contributed by atoms with Crippen LogP contribution in [0.3, 0.4) is 0 Å². The van der Waals surface area contributed by atoms with Gasteiger partial charge in [0.05, 0.1) is 0 Å². The number of hydrogen-bond donors (Lipinski definition) is 0. The molecule has 0 amide bonds. The average Bonchev–Trinajstić information content (AvgIpc) is 1.82. The summed E-state index contributed by atoms with van der Waals surface area (Å²) in [7, 11) is 0. The molecule has 0 aromatic carbocycles. The molecule has 0 radical (unpaired) electrons. The van der Waals surface area contributed by atoms with Gasteiger partial charge < -0.3 is 0 Å². The van der Waals surface area contributed by atoms with Crippen LogP contribution in [0.25, 0.3) is 0 Å². The molecule has 0 saturated carbocycles. The Morgan fingerprint density at radius 2 is 2.22 bits per heavy atom. The minimum atomic E-state index is 0.495. The van der Waals surface area contributed by atoms with Gasteiger partial charge in [-0.15, -0.1) is 18.9 Å². The molecule has 0 aliphatic heterocycles. The zero-order valence-electron chi connectivity index (χ0n) is 6.22. The van der Waals surface area contributed by atoms with Crippen molar-refractivity contribution < 1.29 is 0 Å². The fraction of sp³-hybridized carbons (Fsp3) is 0.556.